The van der Waals surface area contributed by atoms with Crippen molar-refractivity contribution < 1.29 is 4.79 Å². The van der Waals surface area contributed by atoms with Gasteiger partial charge in [-0.2, -0.15) is 5.10 Å². The lowest BCUT2D eigenvalue weighted by Crippen LogP contribution is -2.22. The third-order valence-corrected chi connectivity index (χ3v) is 4.66. The molecule has 25 heavy (non-hydrogen) atoms. The highest BCUT2D eigenvalue weighted by atomic mass is 16.1. The van der Waals surface area contributed by atoms with E-state index in [1.54, 1.807) is 24.5 Å². The van der Waals surface area contributed by atoms with Gasteiger partial charge >= 0.3 is 0 Å². The Balaban J connectivity index is 1.49. The third-order valence-electron chi connectivity index (χ3n) is 4.66. The molecule has 1 aliphatic rings. The van der Waals surface area contributed by atoms with Gasteiger partial charge in [0.15, 0.2) is 5.82 Å². The Hall–Kier alpha value is -2.99. The molecule has 3 heterocycles. The van der Waals surface area contributed by atoms with Crippen LogP contribution in [0.15, 0.2) is 54.9 Å². The summed E-state index contributed by atoms with van der Waals surface area (Å²) in [6.07, 6.45) is 3.19. The number of carbonyl (C=O) groups excluding carboxylic acids is 1. The zero-order valence-corrected chi connectivity index (χ0v) is 13.9. The van der Waals surface area contributed by atoms with Gasteiger partial charge in [-0.05, 0) is 24.6 Å². The minimum Gasteiger partial charge on any atom is -0.305 e. The van der Waals surface area contributed by atoms with Crippen molar-refractivity contribution in [2.24, 2.45) is 0 Å². The standard InChI is InChI=1S/C19H19N5O/c1-13(14-6-3-2-4-7-14)24-11-16-17(12-24)22-23-18(16)21-19(25)15-8-5-9-20-10-15/h2-10,13H,11-12H2,1H3,(H2,21,22,23,25). The van der Waals surface area contributed by atoms with Crippen molar-refractivity contribution in [1.82, 2.24) is 20.1 Å². The van der Waals surface area contributed by atoms with E-state index in [-0.39, 0.29) is 5.91 Å². The van der Waals surface area contributed by atoms with Crippen LogP contribution in [0.4, 0.5) is 5.82 Å². The molecule has 0 radical (unpaired) electrons. The molecule has 0 saturated heterocycles. The number of pyridine rings is 1. The number of rotatable bonds is 4. The van der Waals surface area contributed by atoms with Crippen LogP contribution in [0.3, 0.4) is 0 Å². The molecule has 0 fully saturated rings. The maximum atomic E-state index is 12.3. The average Bonchev–Trinajstić information content (AvgIpc) is 3.24. The van der Waals surface area contributed by atoms with Gasteiger partial charge in [-0.3, -0.25) is 19.8 Å². The molecule has 4 rings (SSSR count). The molecule has 1 aromatic carbocycles. The number of benzene rings is 1. The van der Waals surface area contributed by atoms with E-state index in [4.69, 9.17) is 0 Å². The highest BCUT2D eigenvalue weighted by Gasteiger charge is 2.29. The van der Waals surface area contributed by atoms with Crippen molar-refractivity contribution in [3.05, 3.63) is 77.2 Å². The third kappa shape index (κ3) is 3.04. The van der Waals surface area contributed by atoms with Crippen molar-refractivity contribution in [3.63, 3.8) is 0 Å². The number of anilines is 1. The van der Waals surface area contributed by atoms with Crippen molar-refractivity contribution in [3.8, 4) is 0 Å². The SMILES string of the molecule is CC(c1ccccc1)N1Cc2[nH]nc(NC(=O)c3cccnc3)c2C1. The van der Waals surface area contributed by atoms with Gasteiger partial charge in [-0.25, -0.2) is 0 Å². The molecule has 6 heteroatoms. The number of nitrogens with zero attached hydrogens (tertiary/aromatic N) is 3. The van der Waals surface area contributed by atoms with Crippen molar-refractivity contribution in [2.45, 2.75) is 26.1 Å². The number of hydrogen-bond acceptors (Lipinski definition) is 4. The second kappa shape index (κ2) is 6.49. The molecule has 0 bridgehead atoms. The molecular weight excluding hydrogens is 314 g/mol. The van der Waals surface area contributed by atoms with Gasteiger partial charge < -0.3 is 5.32 Å². The van der Waals surface area contributed by atoms with E-state index >= 15 is 0 Å². The van der Waals surface area contributed by atoms with E-state index in [0.29, 0.717) is 17.4 Å². The topological polar surface area (TPSA) is 73.9 Å². The second-order valence-electron chi connectivity index (χ2n) is 6.22. The van der Waals surface area contributed by atoms with Crippen LogP contribution in [0.5, 0.6) is 0 Å². The fourth-order valence-electron chi connectivity index (χ4n) is 3.16. The second-order valence-corrected chi connectivity index (χ2v) is 6.22. The highest BCUT2D eigenvalue weighted by molar-refractivity contribution is 6.03. The lowest BCUT2D eigenvalue weighted by molar-refractivity contribution is 0.102. The fourth-order valence-corrected chi connectivity index (χ4v) is 3.16. The summed E-state index contributed by atoms with van der Waals surface area (Å²) < 4.78 is 0. The quantitative estimate of drug-likeness (QED) is 0.769. The summed E-state index contributed by atoms with van der Waals surface area (Å²) >= 11 is 0. The summed E-state index contributed by atoms with van der Waals surface area (Å²) in [6, 6.07) is 14.2. The van der Waals surface area contributed by atoms with Crippen LogP contribution in [-0.4, -0.2) is 26.0 Å². The van der Waals surface area contributed by atoms with Gasteiger partial charge in [0.1, 0.15) is 0 Å². The number of aromatic amines is 1. The van der Waals surface area contributed by atoms with Crippen LogP contribution in [0.1, 0.15) is 40.1 Å². The molecule has 2 N–H and O–H groups in total. The first-order valence-electron chi connectivity index (χ1n) is 8.29. The van der Waals surface area contributed by atoms with E-state index in [2.05, 4.69) is 56.6 Å². The lowest BCUT2D eigenvalue weighted by Gasteiger charge is -2.24. The molecule has 1 atom stereocenters. The highest BCUT2D eigenvalue weighted by Crippen LogP contribution is 2.33. The zero-order chi connectivity index (χ0) is 17.2. The number of H-pyrrole nitrogens is 1. The molecule has 2 aromatic heterocycles. The summed E-state index contributed by atoms with van der Waals surface area (Å²) in [4.78, 5) is 18.7. The largest absolute Gasteiger partial charge is 0.305 e. The summed E-state index contributed by atoms with van der Waals surface area (Å²) in [5.74, 6) is 0.406. The van der Waals surface area contributed by atoms with E-state index in [0.717, 1.165) is 24.3 Å². The van der Waals surface area contributed by atoms with Crippen LogP contribution in [-0.2, 0) is 13.1 Å². The number of aromatic nitrogens is 3. The maximum absolute atomic E-state index is 12.3. The van der Waals surface area contributed by atoms with Gasteiger partial charge in [0, 0.05) is 37.1 Å². The van der Waals surface area contributed by atoms with Gasteiger partial charge in [0.25, 0.3) is 5.91 Å². The van der Waals surface area contributed by atoms with Crippen molar-refractivity contribution >= 4 is 11.7 Å². The number of nitrogens with one attached hydrogen (secondary N) is 2. The Morgan fingerprint density at radius 3 is 2.80 bits per heavy atom. The predicted molar refractivity (Wildman–Crippen MR) is 94.9 cm³/mol. The van der Waals surface area contributed by atoms with Crippen LogP contribution < -0.4 is 5.32 Å². The molecule has 1 unspecified atom stereocenters. The first-order chi connectivity index (χ1) is 12.2. The fraction of sp³-hybridized carbons (Fsp3) is 0.211. The van der Waals surface area contributed by atoms with Gasteiger partial charge in [0.05, 0.1) is 11.3 Å². The average molecular weight is 333 g/mol. The Labute approximate surface area is 145 Å². The molecule has 0 aliphatic carbocycles. The van der Waals surface area contributed by atoms with Gasteiger partial charge in [-0.15, -0.1) is 0 Å². The van der Waals surface area contributed by atoms with Crippen LogP contribution in [0.25, 0.3) is 0 Å². The maximum Gasteiger partial charge on any atom is 0.258 e. The number of fused-ring (bicyclic) bond motifs is 1. The molecule has 1 aliphatic heterocycles. The minimum absolute atomic E-state index is 0.197. The summed E-state index contributed by atoms with van der Waals surface area (Å²) in [7, 11) is 0. The number of carbonyl (C=O) groups is 1. The summed E-state index contributed by atoms with van der Waals surface area (Å²) in [6.45, 7) is 3.74. The van der Waals surface area contributed by atoms with E-state index < -0.39 is 0 Å². The van der Waals surface area contributed by atoms with Crippen LogP contribution in [0, 0.1) is 0 Å². The molecule has 126 valence electrons. The molecule has 3 aromatic rings. The Morgan fingerprint density at radius 2 is 2.04 bits per heavy atom. The number of hydrogen-bond donors (Lipinski definition) is 2. The molecular formula is C19H19N5O. The molecule has 1 amide bonds. The molecule has 0 spiro atoms. The Bertz CT molecular complexity index is 875. The van der Waals surface area contributed by atoms with Crippen LogP contribution >= 0.6 is 0 Å². The summed E-state index contributed by atoms with van der Waals surface area (Å²) in [5, 5.41) is 10.2. The van der Waals surface area contributed by atoms with Crippen molar-refractivity contribution in [1.29, 1.82) is 0 Å². The van der Waals surface area contributed by atoms with Crippen molar-refractivity contribution in [2.75, 3.05) is 5.32 Å². The molecule has 0 saturated carbocycles. The van der Waals surface area contributed by atoms with Gasteiger partial charge in [0.2, 0.25) is 0 Å². The Kier molecular flexibility index (Phi) is 4.03. The lowest BCUT2D eigenvalue weighted by atomic mass is 10.1. The normalized spacial score (nSPS) is 14.9. The smallest absolute Gasteiger partial charge is 0.258 e. The molecule has 6 nitrogen and oxygen atoms in total. The first kappa shape index (κ1) is 15.5. The zero-order valence-electron chi connectivity index (χ0n) is 13.9. The summed E-state index contributed by atoms with van der Waals surface area (Å²) in [5.41, 5.74) is 3.91. The van der Waals surface area contributed by atoms with E-state index in [1.165, 1.54) is 5.56 Å². The number of amides is 1. The van der Waals surface area contributed by atoms with Gasteiger partial charge in [-0.1, -0.05) is 30.3 Å². The Morgan fingerprint density at radius 1 is 1.20 bits per heavy atom. The van der Waals surface area contributed by atoms with E-state index in [9.17, 15) is 4.79 Å². The van der Waals surface area contributed by atoms with E-state index in [1.807, 2.05) is 6.07 Å². The predicted octanol–water partition coefficient (Wildman–Crippen LogP) is 3.13. The minimum atomic E-state index is -0.197. The monoisotopic (exact) mass is 333 g/mol. The first-order valence-corrected chi connectivity index (χ1v) is 8.29. The van der Waals surface area contributed by atoms with Crippen LogP contribution in [0.2, 0.25) is 0 Å².